The number of amides is 1. The average molecular weight is 305 g/mol. The van der Waals surface area contributed by atoms with Crippen LogP contribution in [-0.2, 0) is 10.3 Å². The first kappa shape index (κ1) is 16.9. The van der Waals surface area contributed by atoms with E-state index < -0.39 is 5.54 Å². The second-order valence-electron chi connectivity index (χ2n) is 6.51. The molecule has 0 radical (unpaired) electrons. The number of rotatable bonds is 4. The van der Waals surface area contributed by atoms with Crippen LogP contribution < -0.4 is 5.73 Å². The largest absolute Gasteiger partial charge is 0.392 e. The maximum atomic E-state index is 12.8. The lowest BCUT2D eigenvalue weighted by atomic mass is 9.91. The van der Waals surface area contributed by atoms with Crippen molar-refractivity contribution >= 4 is 5.91 Å². The molecule has 5 heteroatoms. The molecule has 3 N–H and O–H groups in total. The third-order valence-electron chi connectivity index (χ3n) is 4.37. The Hall–Kier alpha value is -1.43. The minimum atomic E-state index is -1.01. The van der Waals surface area contributed by atoms with Gasteiger partial charge in [0.1, 0.15) is 5.54 Å². The third kappa shape index (κ3) is 3.66. The van der Waals surface area contributed by atoms with Crippen LogP contribution in [0.4, 0.5) is 0 Å². The molecule has 0 aromatic heterocycles. The van der Waals surface area contributed by atoms with Gasteiger partial charge in [0.15, 0.2) is 0 Å². The summed E-state index contributed by atoms with van der Waals surface area (Å²) >= 11 is 0. The Kier molecular flexibility index (Phi) is 5.21. The molecule has 3 unspecified atom stereocenters. The Bertz CT molecular complexity index is 502. The maximum Gasteiger partial charge on any atom is 0.247 e. The minimum Gasteiger partial charge on any atom is -0.392 e. The molecule has 0 saturated carbocycles. The van der Waals surface area contributed by atoms with Gasteiger partial charge in [-0.3, -0.25) is 9.69 Å². The van der Waals surface area contributed by atoms with E-state index in [4.69, 9.17) is 5.73 Å². The molecular weight excluding hydrogens is 278 g/mol. The summed E-state index contributed by atoms with van der Waals surface area (Å²) in [7, 11) is 0. The number of aliphatic hydroxyl groups is 1. The molecule has 0 bridgehead atoms. The van der Waals surface area contributed by atoms with E-state index in [-0.39, 0.29) is 18.1 Å². The summed E-state index contributed by atoms with van der Waals surface area (Å²) in [5.41, 5.74) is 6.15. The Morgan fingerprint density at radius 1 is 1.41 bits per heavy atom. The number of β-amino-alcohol motifs (C(OH)–C–C–N with tert-alkyl or cyclic N) is 1. The van der Waals surface area contributed by atoms with Crippen LogP contribution >= 0.6 is 0 Å². The number of carbonyl (C=O) groups excluding carboxylic acids is 1. The monoisotopic (exact) mass is 305 g/mol. The van der Waals surface area contributed by atoms with Crippen LogP contribution in [0, 0.1) is 0 Å². The maximum absolute atomic E-state index is 12.8. The van der Waals surface area contributed by atoms with Gasteiger partial charge in [0.2, 0.25) is 5.91 Å². The van der Waals surface area contributed by atoms with Crippen molar-refractivity contribution in [2.75, 3.05) is 26.2 Å². The van der Waals surface area contributed by atoms with Crippen molar-refractivity contribution < 1.29 is 9.90 Å². The van der Waals surface area contributed by atoms with Gasteiger partial charge >= 0.3 is 0 Å². The molecule has 22 heavy (non-hydrogen) atoms. The summed E-state index contributed by atoms with van der Waals surface area (Å²) in [6.45, 7) is 8.34. The van der Waals surface area contributed by atoms with Gasteiger partial charge < -0.3 is 15.7 Å². The highest BCUT2D eigenvalue weighted by molar-refractivity contribution is 5.87. The highest BCUT2D eigenvalue weighted by Gasteiger charge is 2.37. The topological polar surface area (TPSA) is 69.8 Å². The van der Waals surface area contributed by atoms with Crippen molar-refractivity contribution in [1.29, 1.82) is 0 Å². The molecule has 122 valence electrons. The van der Waals surface area contributed by atoms with Crippen molar-refractivity contribution in [3.8, 4) is 0 Å². The minimum absolute atomic E-state index is 0.0396. The van der Waals surface area contributed by atoms with Gasteiger partial charge in [-0.1, -0.05) is 30.3 Å². The quantitative estimate of drug-likeness (QED) is 0.862. The van der Waals surface area contributed by atoms with E-state index >= 15 is 0 Å². The van der Waals surface area contributed by atoms with Crippen LogP contribution in [0.2, 0.25) is 0 Å². The van der Waals surface area contributed by atoms with Crippen LogP contribution in [0.25, 0.3) is 0 Å². The van der Waals surface area contributed by atoms with Gasteiger partial charge in [0.25, 0.3) is 0 Å². The predicted octanol–water partition coefficient (Wildman–Crippen LogP) is 0.774. The fraction of sp³-hybridized carbons (Fsp3) is 0.588. The number of hydrogen-bond acceptors (Lipinski definition) is 4. The van der Waals surface area contributed by atoms with Gasteiger partial charge in [-0.25, -0.2) is 0 Å². The first-order valence-electron chi connectivity index (χ1n) is 7.88. The first-order chi connectivity index (χ1) is 10.3. The molecule has 2 rings (SSSR count). The Morgan fingerprint density at radius 3 is 2.59 bits per heavy atom. The number of benzene rings is 1. The fourth-order valence-corrected chi connectivity index (χ4v) is 3.03. The molecule has 1 aliphatic rings. The zero-order valence-corrected chi connectivity index (χ0v) is 13.7. The van der Waals surface area contributed by atoms with Crippen LogP contribution in [0.15, 0.2) is 30.3 Å². The van der Waals surface area contributed by atoms with Crippen molar-refractivity contribution in [2.24, 2.45) is 5.73 Å². The molecule has 1 amide bonds. The van der Waals surface area contributed by atoms with Crippen LogP contribution in [0.3, 0.4) is 0 Å². The van der Waals surface area contributed by atoms with E-state index in [1.165, 1.54) is 0 Å². The molecule has 1 heterocycles. The third-order valence-corrected chi connectivity index (χ3v) is 4.37. The molecular formula is C17H27N3O2. The molecule has 1 aromatic carbocycles. The zero-order valence-electron chi connectivity index (χ0n) is 13.7. The SMILES string of the molecule is CC(O)CN1CCN(C(=O)C(C)(N)c2ccccc2)CC1C. The van der Waals surface area contributed by atoms with Crippen molar-refractivity contribution in [2.45, 2.75) is 38.5 Å². The Balaban J connectivity index is 2.05. The number of piperazine rings is 1. The molecule has 1 saturated heterocycles. The highest BCUT2D eigenvalue weighted by Crippen LogP contribution is 2.22. The number of carbonyl (C=O) groups is 1. The average Bonchev–Trinajstić information content (AvgIpc) is 2.49. The first-order valence-corrected chi connectivity index (χ1v) is 7.88. The van der Waals surface area contributed by atoms with E-state index in [1.807, 2.05) is 35.2 Å². The second-order valence-corrected chi connectivity index (χ2v) is 6.51. The molecule has 5 nitrogen and oxygen atoms in total. The van der Waals surface area contributed by atoms with Crippen molar-refractivity contribution in [3.63, 3.8) is 0 Å². The lowest BCUT2D eigenvalue weighted by Gasteiger charge is -2.42. The molecule has 0 spiro atoms. The van der Waals surface area contributed by atoms with Crippen LogP contribution in [0.5, 0.6) is 0 Å². The Morgan fingerprint density at radius 2 is 2.05 bits per heavy atom. The van der Waals surface area contributed by atoms with Gasteiger partial charge in [-0.05, 0) is 26.3 Å². The normalized spacial score (nSPS) is 23.9. The highest BCUT2D eigenvalue weighted by atomic mass is 16.3. The fourth-order valence-electron chi connectivity index (χ4n) is 3.03. The number of aliphatic hydroxyl groups excluding tert-OH is 1. The number of hydrogen-bond donors (Lipinski definition) is 2. The van der Waals surface area contributed by atoms with Crippen LogP contribution in [-0.4, -0.2) is 59.1 Å². The van der Waals surface area contributed by atoms with Gasteiger partial charge in [0, 0.05) is 32.2 Å². The molecule has 0 aliphatic carbocycles. The smallest absolute Gasteiger partial charge is 0.247 e. The summed E-state index contributed by atoms with van der Waals surface area (Å²) in [5.74, 6) is -0.0396. The molecule has 1 aromatic rings. The number of nitrogens with two attached hydrogens (primary N) is 1. The molecule has 3 atom stereocenters. The molecule has 1 aliphatic heterocycles. The Labute approximate surface area is 132 Å². The molecule has 1 fully saturated rings. The van der Waals surface area contributed by atoms with E-state index in [1.54, 1.807) is 13.8 Å². The lowest BCUT2D eigenvalue weighted by molar-refractivity contribution is -0.140. The summed E-state index contributed by atoms with van der Waals surface area (Å²) < 4.78 is 0. The predicted molar refractivity (Wildman–Crippen MR) is 87.3 cm³/mol. The zero-order chi connectivity index (χ0) is 16.3. The van der Waals surface area contributed by atoms with E-state index in [0.717, 1.165) is 12.1 Å². The summed E-state index contributed by atoms with van der Waals surface area (Å²) in [6.07, 6.45) is -0.353. The van der Waals surface area contributed by atoms with Crippen molar-refractivity contribution in [3.05, 3.63) is 35.9 Å². The van der Waals surface area contributed by atoms with E-state index in [0.29, 0.717) is 19.6 Å². The van der Waals surface area contributed by atoms with E-state index in [2.05, 4.69) is 11.8 Å². The summed E-state index contributed by atoms with van der Waals surface area (Å²) in [6, 6.07) is 9.73. The standard InChI is InChI=1S/C17H27N3O2/c1-13-11-20(10-9-19(13)12-14(2)21)16(22)17(3,18)15-7-5-4-6-8-15/h4-8,13-14,21H,9-12,18H2,1-3H3. The van der Waals surface area contributed by atoms with Gasteiger partial charge in [-0.15, -0.1) is 0 Å². The number of nitrogens with zero attached hydrogens (tertiary/aromatic N) is 2. The summed E-state index contributed by atoms with van der Waals surface area (Å²) in [5, 5.41) is 9.53. The summed E-state index contributed by atoms with van der Waals surface area (Å²) in [4.78, 5) is 16.9. The lowest BCUT2D eigenvalue weighted by Crippen LogP contribution is -2.60. The van der Waals surface area contributed by atoms with Gasteiger partial charge in [0.05, 0.1) is 6.10 Å². The van der Waals surface area contributed by atoms with E-state index in [9.17, 15) is 9.90 Å². The second kappa shape index (κ2) is 6.77. The van der Waals surface area contributed by atoms with Gasteiger partial charge in [-0.2, -0.15) is 0 Å². The van der Waals surface area contributed by atoms with Crippen molar-refractivity contribution in [1.82, 2.24) is 9.80 Å². The van der Waals surface area contributed by atoms with Crippen LogP contribution in [0.1, 0.15) is 26.3 Å².